The Balaban J connectivity index is 1.57. The van der Waals surface area contributed by atoms with Crippen LogP contribution in [0.4, 0.5) is 22.7 Å². The molecule has 1 N–H and O–H groups in total. The highest BCUT2D eigenvalue weighted by molar-refractivity contribution is 5.78. The molecule has 0 spiro atoms. The van der Waals surface area contributed by atoms with E-state index in [-0.39, 0.29) is 0 Å². The van der Waals surface area contributed by atoms with Gasteiger partial charge in [0.05, 0.1) is 6.04 Å². The van der Waals surface area contributed by atoms with Crippen LogP contribution in [0.1, 0.15) is 11.5 Å². The summed E-state index contributed by atoms with van der Waals surface area (Å²) in [6, 6.07) is 28.0. The minimum atomic E-state index is 0.337. The summed E-state index contributed by atoms with van der Waals surface area (Å²) in [7, 11) is 0. The van der Waals surface area contributed by atoms with E-state index < -0.39 is 0 Å². The Morgan fingerprint density at radius 3 is 2.23 bits per heavy atom. The van der Waals surface area contributed by atoms with E-state index in [1.807, 2.05) is 6.07 Å². The maximum Gasteiger partial charge on any atom is 0.0629 e. The number of anilines is 4. The van der Waals surface area contributed by atoms with Gasteiger partial charge in [-0.3, -0.25) is 0 Å². The molecule has 2 nitrogen and oxygen atoms in total. The first-order chi connectivity index (χ1) is 12.9. The van der Waals surface area contributed by atoms with Gasteiger partial charge in [-0.05, 0) is 48.0 Å². The molecule has 0 bridgehead atoms. The molecule has 0 saturated carbocycles. The quantitative estimate of drug-likeness (QED) is 0.616. The van der Waals surface area contributed by atoms with Gasteiger partial charge in [0.1, 0.15) is 0 Å². The molecule has 5 rings (SSSR count). The monoisotopic (exact) mass is 336 g/mol. The van der Waals surface area contributed by atoms with Gasteiger partial charge in [-0.25, -0.2) is 0 Å². The van der Waals surface area contributed by atoms with Crippen molar-refractivity contribution in [3.63, 3.8) is 0 Å². The summed E-state index contributed by atoms with van der Waals surface area (Å²) in [5, 5.41) is 3.52. The largest absolute Gasteiger partial charge is 0.356 e. The third-order valence-electron chi connectivity index (χ3n) is 5.15. The third kappa shape index (κ3) is 2.51. The lowest BCUT2D eigenvalue weighted by molar-refractivity contribution is 0.745. The zero-order valence-electron chi connectivity index (χ0n) is 14.4. The second kappa shape index (κ2) is 6.23. The van der Waals surface area contributed by atoms with Crippen molar-refractivity contribution < 1.29 is 0 Å². The normalized spacial score (nSPS) is 19.9. The molecule has 0 amide bonds. The van der Waals surface area contributed by atoms with Crippen molar-refractivity contribution in [1.29, 1.82) is 0 Å². The number of allylic oxidation sites excluding steroid dienone is 2. The summed E-state index contributed by atoms with van der Waals surface area (Å²) >= 11 is 0. The highest BCUT2D eigenvalue weighted by atomic mass is 15.2. The Labute approximate surface area is 154 Å². The van der Waals surface area contributed by atoms with Crippen LogP contribution in [0.15, 0.2) is 103 Å². The van der Waals surface area contributed by atoms with E-state index in [2.05, 4.69) is 107 Å². The van der Waals surface area contributed by atoms with Crippen molar-refractivity contribution in [3.05, 3.63) is 109 Å². The van der Waals surface area contributed by atoms with Crippen molar-refractivity contribution in [3.8, 4) is 0 Å². The molecule has 2 unspecified atom stereocenters. The van der Waals surface area contributed by atoms with Crippen LogP contribution >= 0.6 is 0 Å². The van der Waals surface area contributed by atoms with Crippen LogP contribution in [-0.4, -0.2) is 6.04 Å². The Morgan fingerprint density at radius 1 is 0.692 bits per heavy atom. The van der Waals surface area contributed by atoms with Gasteiger partial charge < -0.3 is 10.2 Å². The van der Waals surface area contributed by atoms with Crippen LogP contribution in [-0.2, 0) is 0 Å². The standard InChI is InChI=1S/C24H20N2/c1-3-9-18(10-4-1)25-19-15-16-24-22(17-19)21-13-7-8-14-23(21)26(24)20-11-5-2-6-12-20/h1-17,21,23,25H. The number of hydrogen-bond donors (Lipinski definition) is 1. The summed E-state index contributed by atoms with van der Waals surface area (Å²) in [6.07, 6.45) is 8.95. The van der Waals surface area contributed by atoms with Gasteiger partial charge in [0.25, 0.3) is 0 Å². The van der Waals surface area contributed by atoms with E-state index >= 15 is 0 Å². The Morgan fingerprint density at radius 2 is 1.42 bits per heavy atom. The zero-order valence-corrected chi connectivity index (χ0v) is 14.4. The lowest BCUT2D eigenvalue weighted by Gasteiger charge is -2.28. The average Bonchev–Trinajstić information content (AvgIpc) is 3.03. The lowest BCUT2D eigenvalue weighted by atomic mass is 9.91. The first-order valence-electron chi connectivity index (χ1n) is 9.05. The van der Waals surface area contributed by atoms with Gasteiger partial charge >= 0.3 is 0 Å². The topological polar surface area (TPSA) is 15.3 Å². The number of nitrogens with one attached hydrogen (secondary N) is 1. The second-order valence-corrected chi connectivity index (χ2v) is 6.76. The number of fused-ring (bicyclic) bond motifs is 3. The van der Waals surface area contributed by atoms with Gasteiger partial charge in [0.2, 0.25) is 0 Å². The van der Waals surface area contributed by atoms with E-state index in [1.165, 1.54) is 16.9 Å². The van der Waals surface area contributed by atoms with Crippen molar-refractivity contribution in [2.75, 3.05) is 10.2 Å². The molecule has 2 atom stereocenters. The number of para-hydroxylation sites is 2. The minimum absolute atomic E-state index is 0.337. The van der Waals surface area contributed by atoms with E-state index in [0.717, 1.165) is 11.4 Å². The molecule has 3 aromatic rings. The average molecular weight is 336 g/mol. The molecule has 0 aromatic heterocycles. The molecule has 1 aliphatic carbocycles. The van der Waals surface area contributed by atoms with Crippen LogP contribution in [0.5, 0.6) is 0 Å². The van der Waals surface area contributed by atoms with Crippen molar-refractivity contribution in [1.82, 2.24) is 0 Å². The fourth-order valence-corrected chi connectivity index (χ4v) is 4.00. The number of hydrogen-bond acceptors (Lipinski definition) is 2. The Kier molecular flexibility index (Phi) is 3.60. The van der Waals surface area contributed by atoms with Gasteiger partial charge in [-0.2, -0.15) is 0 Å². The molecule has 0 radical (unpaired) electrons. The highest BCUT2D eigenvalue weighted by Crippen LogP contribution is 2.48. The van der Waals surface area contributed by atoms with Crippen LogP contribution in [0, 0.1) is 0 Å². The number of nitrogens with zero attached hydrogens (tertiary/aromatic N) is 1. The summed E-state index contributed by atoms with van der Waals surface area (Å²) in [5.41, 5.74) is 6.15. The van der Waals surface area contributed by atoms with E-state index in [4.69, 9.17) is 0 Å². The Hall–Kier alpha value is -3.26. The van der Waals surface area contributed by atoms with Crippen LogP contribution in [0.3, 0.4) is 0 Å². The molecule has 1 aliphatic heterocycles. The van der Waals surface area contributed by atoms with Crippen molar-refractivity contribution in [2.24, 2.45) is 0 Å². The van der Waals surface area contributed by atoms with E-state index in [9.17, 15) is 0 Å². The van der Waals surface area contributed by atoms with Crippen LogP contribution in [0.25, 0.3) is 0 Å². The molecule has 126 valence electrons. The third-order valence-corrected chi connectivity index (χ3v) is 5.15. The number of benzene rings is 3. The lowest BCUT2D eigenvalue weighted by Crippen LogP contribution is -2.28. The summed E-state index contributed by atoms with van der Waals surface area (Å²) in [5.74, 6) is 0.382. The molecule has 3 aromatic carbocycles. The molecule has 1 heterocycles. The van der Waals surface area contributed by atoms with Crippen molar-refractivity contribution in [2.45, 2.75) is 12.0 Å². The molecule has 26 heavy (non-hydrogen) atoms. The van der Waals surface area contributed by atoms with Gasteiger partial charge in [-0.1, -0.05) is 60.7 Å². The summed E-state index contributed by atoms with van der Waals surface area (Å²) in [4.78, 5) is 2.45. The molecule has 0 saturated heterocycles. The van der Waals surface area contributed by atoms with Gasteiger partial charge in [0, 0.05) is 28.7 Å². The first-order valence-corrected chi connectivity index (χ1v) is 9.05. The SMILES string of the molecule is C1=CC2c3cc(Nc4ccccc4)ccc3N(c3ccccc3)C2C=C1. The summed E-state index contributed by atoms with van der Waals surface area (Å²) < 4.78 is 0. The van der Waals surface area contributed by atoms with E-state index in [0.29, 0.717) is 12.0 Å². The predicted molar refractivity (Wildman–Crippen MR) is 110 cm³/mol. The number of rotatable bonds is 3. The fraction of sp³-hybridized carbons (Fsp3) is 0.0833. The predicted octanol–water partition coefficient (Wildman–Crippen LogP) is 6.16. The van der Waals surface area contributed by atoms with Crippen molar-refractivity contribution >= 4 is 22.7 Å². The van der Waals surface area contributed by atoms with Crippen LogP contribution < -0.4 is 10.2 Å². The maximum atomic E-state index is 3.52. The van der Waals surface area contributed by atoms with Gasteiger partial charge in [-0.15, -0.1) is 0 Å². The smallest absolute Gasteiger partial charge is 0.0629 e. The fourth-order valence-electron chi connectivity index (χ4n) is 4.00. The second-order valence-electron chi connectivity index (χ2n) is 6.76. The first kappa shape index (κ1) is 15.0. The molecular formula is C24H20N2. The zero-order chi connectivity index (χ0) is 17.3. The van der Waals surface area contributed by atoms with Crippen LogP contribution in [0.2, 0.25) is 0 Å². The Bertz CT molecular complexity index is 974. The molecule has 2 aliphatic rings. The van der Waals surface area contributed by atoms with E-state index in [1.54, 1.807) is 0 Å². The molecular weight excluding hydrogens is 316 g/mol. The molecule has 0 fully saturated rings. The highest BCUT2D eigenvalue weighted by Gasteiger charge is 2.37. The minimum Gasteiger partial charge on any atom is -0.356 e. The van der Waals surface area contributed by atoms with Gasteiger partial charge in [0.15, 0.2) is 0 Å². The maximum absolute atomic E-state index is 3.52. The molecule has 2 heteroatoms. The summed E-state index contributed by atoms with van der Waals surface area (Å²) in [6.45, 7) is 0.